The van der Waals surface area contributed by atoms with Crippen LogP contribution in [0.15, 0.2) is 23.3 Å². The number of hydrazone groups is 1. The van der Waals surface area contributed by atoms with E-state index in [2.05, 4.69) is 16.0 Å². The monoisotopic (exact) mass is 312 g/mol. The summed E-state index contributed by atoms with van der Waals surface area (Å²) in [6.07, 6.45) is 7.99. The van der Waals surface area contributed by atoms with Crippen LogP contribution >= 0.6 is 0 Å². The zero-order valence-electron chi connectivity index (χ0n) is 11.2. The molecule has 111 valence electrons. The fraction of sp³-hybridized carbons (Fsp3) is 0.286. The van der Waals surface area contributed by atoms with E-state index in [9.17, 15) is 13.9 Å². The molecule has 0 aromatic heterocycles. The molecule has 2 rings (SSSR count). The quantitative estimate of drug-likeness (QED) is 0.657. The van der Waals surface area contributed by atoms with E-state index in [1.165, 1.54) is 17.7 Å². The molecule has 0 aliphatic carbocycles. The maximum atomic E-state index is 13.9. The maximum absolute atomic E-state index is 13.9. The van der Waals surface area contributed by atoms with E-state index in [0.717, 1.165) is 18.2 Å². The van der Waals surface area contributed by atoms with E-state index in [4.69, 9.17) is 6.42 Å². The van der Waals surface area contributed by atoms with E-state index < -0.39 is 23.2 Å². The van der Waals surface area contributed by atoms with Crippen LogP contribution in [-0.2, 0) is 5.60 Å². The van der Waals surface area contributed by atoms with Gasteiger partial charge in [0.1, 0.15) is 23.8 Å². The molecule has 1 aromatic rings. The van der Waals surface area contributed by atoms with Gasteiger partial charge in [-0.1, -0.05) is 4.99 Å². The summed E-state index contributed by atoms with van der Waals surface area (Å²) in [4.78, 5) is 3.75. The normalized spacial score (nSPS) is 17.0. The Morgan fingerprint density at radius 3 is 2.81 bits per heavy atom. The summed E-state index contributed by atoms with van der Waals surface area (Å²) in [6.45, 7) is 1.43. The van der Waals surface area contributed by atoms with Crippen LogP contribution < -0.4 is 17.4 Å². The maximum Gasteiger partial charge on any atom is 0.299 e. The molecule has 0 spiro atoms. The lowest BCUT2D eigenvalue weighted by Crippen LogP contribution is -3.00. The summed E-state index contributed by atoms with van der Waals surface area (Å²) in [5, 5.41) is 16.0. The van der Waals surface area contributed by atoms with Crippen molar-refractivity contribution in [1.29, 1.82) is 0 Å². The second kappa shape index (κ2) is 6.66. The van der Waals surface area contributed by atoms with Crippen molar-refractivity contribution in [1.82, 2.24) is 10.0 Å². The lowest BCUT2D eigenvalue weighted by Gasteiger charge is -2.31. The predicted molar refractivity (Wildman–Crippen MR) is 71.6 cm³/mol. The molecule has 1 aliphatic heterocycles. The minimum Gasteiger partial charge on any atom is -1.00 e. The number of rotatable bonds is 4. The molecule has 1 aromatic carbocycles. The molecular formula is C14H13ClF2N3O. The van der Waals surface area contributed by atoms with E-state index in [1.807, 2.05) is 0 Å². The molecule has 0 amide bonds. The van der Waals surface area contributed by atoms with Crippen LogP contribution in [0.5, 0.6) is 0 Å². The lowest BCUT2D eigenvalue weighted by molar-refractivity contribution is -0.0158. The Labute approximate surface area is 127 Å². The first-order valence-electron chi connectivity index (χ1n) is 5.94. The second-order valence-corrected chi connectivity index (χ2v) is 4.53. The van der Waals surface area contributed by atoms with Gasteiger partial charge in [-0.25, -0.2) is 8.78 Å². The highest BCUT2D eigenvalue weighted by atomic mass is 35.5. The molecule has 1 aliphatic rings. The van der Waals surface area contributed by atoms with Crippen molar-refractivity contribution in [3.63, 3.8) is 0 Å². The van der Waals surface area contributed by atoms with Gasteiger partial charge in [-0.05, 0) is 25.1 Å². The van der Waals surface area contributed by atoms with Gasteiger partial charge >= 0.3 is 0 Å². The first-order valence-corrected chi connectivity index (χ1v) is 5.94. The average Bonchev–Trinajstić information content (AvgIpc) is 2.93. The molecule has 1 heterocycles. The fourth-order valence-electron chi connectivity index (χ4n) is 1.98. The molecule has 7 heteroatoms. The van der Waals surface area contributed by atoms with Gasteiger partial charge in [0.2, 0.25) is 0 Å². The molecule has 21 heavy (non-hydrogen) atoms. The standard InChI is InChI=1S/C14H13F2N3O.ClH/c1-3-10(2)14(20,7-19-9-17-8-18-19)12-6-11(15)4-5-13(12)16;/h1,4-6,8-10,20H,7H2,2H3;1H/q+1;/p-1. The molecule has 4 nitrogen and oxygen atoms in total. The first-order chi connectivity index (χ1) is 9.47. The SMILES string of the molecule is C#CC(C)C(O)(CN1C=[N+]C=N1)c1cc(F)ccc1F.[Cl-]. The fourth-order valence-corrected chi connectivity index (χ4v) is 1.98. The number of hydrogen-bond donors (Lipinski definition) is 1. The molecule has 1 N–H and O–H groups in total. The molecule has 0 bridgehead atoms. The summed E-state index contributed by atoms with van der Waals surface area (Å²) >= 11 is 0. The zero-order valence-corrected chi connectivity index (χ0v) is 11.9. The average molecular weight is 313 g/mol. The first kappa shape index (κ1) is 17.1. The van der Waals surface area contributed by atoms with Gasteiger partial charge < -0.3 is 17.5 Å². The highest BCUT2D eigenvalue weighted by Gasteiger charge is 2.42. The molecular weight excluding hydrogens is 300 g/mol. The second-order valence-electron chi connectivity index (χ2n) is 4.53. The Hall–Kier alpha value is -1.97. The van der Waals surface area contributed by atoms with Crippen LogP contribution in [0.1, 0.15) is 12.5 Å². The third kappa shape index (κ3) is 3.38. The smallest absolute Gasteiger partial charge is 0.299 e. The van der Waals surface area contributed by atoms with E-state index in [1.54, 1.807) is 6.92 Å². The van der Waals surface area contributed by atoms with Gasteiger partial charge in [-0.2, -0.15) is 0 Å². The van der Waals surface area contributed by atoms with Crippen molar-refractivity contribution in [2.24, 2.45) is 11.0 Å². The lowest BCUT2D eigenvalue weighted by atomic mass is 9.82. The van der Waals surface area contributed by atoms with Gasteiger partial charge in [0.05, 0.1) is 5.92 Å². The van der Waals surface area contributed by atoms with Gasteiger partial charge in [0, 0.05) is 10.7 Å². The molecule has 1 radical (unpaired) electrons. The van der Waals surface area contributed by atoms with Crippen molar-refractivity contribution < 1.29 is 26.3 Å². The van der Waals surface area contributed by atoms with Crippen molar-refractivity contribution in [2.45, 2.75) is 12.5 Å². The minimum absolute atomic E-state index is 0. The van der Waals surface area contributed by atoms with Crippen LogP contribution in [0, 0.1) is 29.9 Å². The minimum atomic E-state index is -1.78. The largest absolute Gasteiger partial charge is 1.00 e. The third-order valence-electron chi connectivity index (χ3n) is 3.23. The number of aliphatic imine (C=N–C) groups is 1. The van der Waals surface area contributed by atoms with Crippen molar-refractivity contribution >= 4 is 12.7 Å². The molecule has 0 saturated carbocycles. The Morgan fingerprint density at radius 1 is 1.52 bits per heavy atom. The van der Waals surface area contributed by atoms with Crippen LogP contribution in [0.4, 0.5) is 8.78 Å². The third-order valence-corrected chi connectivity index (χ3v) is 3.23. The van der Waals surface area contributed by atoms with Crippen molar-refractivity contribution in [3.05, 3.63) is 35.4 Å². The predicted octanol–water partition coefficient (Wildman–Crippen LogP) is -1.95. The number of nitrogens with zero attached hydrogens (tertiary/aromatic N) is 3. The highest BCUT2D eigenvalue weighted by Crippen LogP contribution is 2.33. The molecule has 2 unspecified atom stereocenters. The van der Waals surface area contributed by atoms with E-state index >= 15 is 0 Å². The van der Waals surface area contributed by atoms with Crippen LogP contribution in [0.2, 0.25) is 0 Å². The van der Waals surface area contributed by atoms with Gasteiger partial charge in [-0.15, -0.1) is 17.4 Å². The molecule has 0 fully saturated rings. The summed E-state index contributed by atoms with van der Waals surface area (Å²) < 4.78 is 27.3. The van der Waals surface area contributed by atoms with Gasteiger partial charge in [0.25, 0.3) is 12.7 Å². The Balaban J connectivity index is 0.00000220. The zero-order chi connectivity index (χ0) is 14.8. The van der Waals surface area contributed by atoms with Crippen LogP contribution in [0.3, 0.4) is 0 Å². The number of β-amino-alcohol motifs (C(OH)–C–C–N with tert-alkyl or cyclic N) is 1. The summed E-state index contributed by atoms with van der Waals surface area (Å²) in [7, 11) is 0. The number of aliphatic hydroxyl groups is 1. The summed E-state index contributed by atoms with van der Waals surface area (Å²) in [5.74, 6) is 0.239. The van der Waals surface area contributed by atoms with E-state index in [-0.39, 0.29) is 24.5 Å². The number of benzene rings is 1. The Bertz CT molecular complexity index is 603. The van der Waals surface area contributed by atoms with E-state index in [0.29, 0.717) is 0 Å². The Morgan fingerprint density at radius 2 is 2.24 bits per heavy atom. The number of hydrogen-bond acceptors (Lipinski definition) is 4. The summed E-state index contributed by atoms with van der Waals surface area (Å²) in [5.41, 5.74) is -1.98. The van der Waals surface area contributed by atoms with Gasteiger partial charge in [-0.3, -0.25) is 0 Å². The molecule has 2 atom stereocenters. The number of terminal acetylenes is 1. The summed E-state index contributed by atoms with van der Waals surface area (Å²) in [6, 6.07) is 2.88. The van der Waals surface area contributed by atoms with Crippen molar-refractivity contribution in [3.8, 4) is 12.3 Å². The molecule has 0 saturated heterocycles. The number of halogens is 3. The van der Waals surface area contributed by atoms with Crippen molar-refractivity contribution in [2.75, 3.05) is 6.54 Å². The van der Waals surface area contributed by atoms with Gasteiger partial charge in [0.15, 0.2) is 0 Å². The highest BCUT2D eigenvalue weighted by molar-refractivity contribution is 5.72. The van der Waals surface area contributed by atoms with Crippen LogP contribution in [-0.4, -0.2) is 29.3 Å². The Kier molecular flexibility index (Phi) is 5.41. The van der Waals surface area contributed by atoms with Crippen LogP contribution in [0.25, 0.3) is 0 Å². The topological polar surface area (TPSA) is 49.9 Å².